The van der Waals surface area contributed by atoms with Crippen molar-refractivity contribution in [2.75, 3.05) is 35.8 Å². The highest BCUT2D eigenvalue weighted by atomic mass is 32.3. The largest absolute Gasteiger partial charge is 0.505 e. The molecule has 0 unspecified atom stereocenters. The lowest BCUT2D eigenvalue weighted by atomic mass is 10.1. The monoisotopic (exact) mass is 858 g/mol. The van der Waals surface area contributed by atoms with Crippen molar-refractivity contribution in [2.45, 2.75) is 30.6 Å². The first kappa shape index (κ1) is 43.7. The SMILES string of the molecule is Nc1c(/N=N/c2ccc(CCCOS(=O)(=O)O)cc2)ccc2cc(S(=O)(=O)O)c(/N=N/c3cccc(NC(=O)CCCS(=O)(=O)CCOS(=O)(=O)O)c3)c(O)c12. The Morgan fingerprint density at radius 1 is 0.732 bits per heavy atom. The predicted octanol–water partition coefficient (Wildman–Crippen LogP) is 4.91. The van der Waals surface area contributed by atoms with Gasteiger partial charge in [0.15, 0.2) is 15.6 Å². The Hall–Kier alpha value is -4.99. The fourth-order valence-electron chi connectivity index (χ4n) is 4.91. The molecule has 0 spiro atoms. The molecule has 0 aromatic heterocycles. The molecule has 4 aromatic rings. The molecular weight excluding hydrogens is 825 g/mol. The third kappa shape index (κ3) is 13.6. The molecular formula is C31H34N6O15S4. The average molecular weight is 859 g/mol. The summed E-state index contributed by atoms with van der Waals surface area (Å²) in [4.78, 5) is 11.7. The fraction of sp³-hybridized carbons (Fsp3) is 0.258. The summed E-state index contributed by atoms with van der Waals surface area (Å²) in [5.41, 5.74) is 7.07. The zero-order valence-corrected chi connectivity index (χ0v) is 32.1. The van der Waals surface area contributed by atoms with Crippen LogP contribution in [-0.2, 0) is 60.3 Å². The molecule has 0 aliphatic heterocycles. The first-order valence-electron chi connectivity index (χ1n) is 15.9. The number of benzene rings is 4. The van der Waals surface area contributed by atoms with Gasteiger partial charge >= 0.3 is 20.8 Å². The van der Waals surface area contributed by atoms with Gasteiger partial charge in [0.05, 0.1) is 47.2 Å². The number of rotatable bonds is 19. The lowest BCUT2D eigenvalue weighted by Gasteiger charge is -2.12. The summed E-state index contributed by atoms with van der Waals surface area (Å²) in [5, 5.41) is 29.9. The number of sulfone groups is 1. The van der Waals surface area contributed by atoms with Crippen molar-refractivity contribution in [1.82, 2.24) is 0 Å². The Balaban J connectivity index is 1.49. The third-order valence-electron chi connectivity index (χ3n) is 7.45. The minimum Gasteiger partial charge on any atom is -0.505 e. The predicted molar refractivity (Wildman–Crippen MR) is 201 cm³/mol. The maximum absolute atomic E-state index is 12.5. The smallest absolute Gasteiger partial charge is 0.397 e. The number of amides is 1. The number of fused-ring (bicyclic) bond motifs is 1. The number of phenols is 1. The van der Waals surface area contributed by atoms with Gasteiger partial charge in [-0.25, -0.2) is 16.8 Å². The van der Waals surface area contributed by atoms with Crippen molar-refractivity contribution in [2.24, 2.45) is 20.5 Å². The van der Waals surface area contributed by atoms with Gasteiger partial charge in [0.1, 0.15) is 16.3 Å². The molecule has 0 saturated carbocycles. The van der Waals surface area contributed by atoms with Gasteiger partial charge in [-0.2, -0.15) is 35.5 Å². The number of hydrogen-bond acceptors (Lipinski definition) is 17. The number of carbonyl (C=O) groups excluding carboxylic acids is 1. The van der Waals surface area contributed by atoms with E-state index in [0.29, 0.717) is 18.5 Å². The third-order valence-corrected chi connectivity index (χ3v) is 10.9. The van der Waals surface area contributed by atoms with E-state index in [1.165, 1.54) is 36.4 Å². The summed E-state index contributed by atoms with van der Waals surface area (Å²) < 4.78 is 127. The molecule has 0 aliphatic rings. The molecule has 0 radical (unpaired) electrons. The van der Waals surface area contributed by atoms with Crippen LogP contribution >= 0.6 is 0 Å². The molecule has 25 heteroatoms. The first-order valence-corrected chi connectivity index (χ1v) is 21.9. The highest BCUT2D eigenvalue weighted by molar-refractivity contribution is 7.91. The van der Waals surface area contributed by atoms with Crippen molar-refractivity contribution in [1.29, 1.82) is 0 Å². The summed E-state index contributed by atoms with van der Waals surface area (Å²) in [5.74, 6) is -2.53. The number of nitrogen functional groups attached to an aromatic ring is 1. The van der Waals surface area contributed by atoms with Crippen LogP contribution in [0.2, 0.25) is 0 Å². The second kappa shape index (κ2) is 18.3. The van der Waals surface area contributed by atoms with E-state index in [9.17, 15) is 48.1 Å². The highest BCUT2D eigenvalue weighted by Crippen LogP contribution is 2.46. The fourth-order valence-corrected chi connectivity index (χ4v) is 7.43. The lowest BCUT2D eigenvalue weighted by Crippen LogP contribution is -2.19. The highest BCUT2D eigenvalue weighted by Gasteiger charge is 2.24. The van der Waals surface area contributed by atoms with Gasteiger partial charge in [-0.15, -0.1) is 10.2 Å². The van der Waals surface area contributed by atoms with Gasteiger partial charge in [0.2, 0.25) is 5.91 Å². The van der Waals surface area contributed by atoms with Crippen molar-refractivity contribution < 1.29 is 65.6 Å². The molecule has 0 heterocycles. The van der Waals surface area contributed by atoms with Crippen LogP contribution in [0, 0.1) is 0 Å². The summed E-state index contributed by atoms with van der Waals surface area (Å²) in [6.07, 6.45) is 0.385. The Morgan fingerprint density at radius 2 is 1.39 bits per heavy atom. The Kier molecular flexibility index (Phi) is 14.3. The molecule has 0 saturated heterocycles. The number of aromatic hydroxyl groups is 1. The number of nitrogens with two attached hydrogens (primary N) is 1. The molecule has 0 aliphatic carbocycles. The maximum atomic E-state index is 12.5. The van der Waals surface area contributed by atoms with Crippen LogP contribution in [0.15, 0.2) is 92.1 Å². The molecule has 0 bridgehead atoms. The van der Waals surface area contributed by atoms with E-state index < -0.39 is 81.1 Å². The van der Waals surface area contributed by atoms with Gasteiger partial charge in [0.25, 0.3) is 10.1 Å². The van der Waals surface area contributed by atoms with E-state index >= 15 is 0 Å². The quantitative estimate of drug-likeness (QED) is 0.0316. The zero-order valence-electron chi connectivity index (χ0n) is 28.8. The normalized spacial score (nSPS) is 12.8. The van der Waals surface area contributed by atoms with Crippen molar-refractivity contribution in [3.8, 4) is 5.75 Å². The first-order chi connectivity index (χ1) is 26.1. The lowest BCUT2D eigenvalue weighted by molar-refractivity contribution is -0.116. The van der Waals surface area contributed by atoms with Crippen molar-refractivity contribution in [3.05, 3.63) is 72.3 Å². The number of carbonyl (C=O) groups is 1. The topological polar surface area (TPSA) is 341 Å². The summed E-state index contributed by atoms with van der Waals surface area (Å²) in [6.45, 7) is -0.995. The van der Waals surface area contributed by atoms with Crippen LogP contribution < -0.4 is 11.1 Å². The molecule has 0 atom stereocenters. The van der Waals surface area contributed by atoms with E-state index in [1.54, 1.807) is 24.3 Å². The van der Waals surface area contributed by atoms with Gasteiger partial charge in [0, 0.05) is 12.1 Å². The Labute approximate surface area is 320 Å². The summed E-state index contributed by atoms with van der Waals surface area (Å²) >= 11 is 0. The van der Waals surface area contributed by atoms with E-state index in [-0.39, 0.29) is 53.0 Å². The standard InChI is InChI=1S/C31H34N6O15S4/c32-29-25(36-34-22-11-8-20(9-12-22)4-2-14-51-55(45,46)47)13-10-21-18-26(54(42,43)44)30(31(39)28(21)29)37-35-24-6-1-5-23(19-24)33-27(38)7-3-16-53(40,41)17-15-52-56(48,49)50/h1,5-6,8-13,18-19,39H,2-4,7,14-17,32H2,(H,33,38)(H,42,43,44)(H,45,46,47)(H,48,49,50)/b36-34+,37-35+. The zero-order chi connectivity index (χ0) is 41.3. The number of phenolic OH excluding ortho intramolecular Hbond substituents is 1. The Bertz CT molecular complexity index is 2600. The second-order valence-corrected chi connectivity index (χ2v) is 17.5. The van der Waals surface area contributed by atoms with Crippen LogP contribution in [0.5, 0.6) is 5.75 Å². The van der Waals surface area contributed by atoms with E-state index in [2.05, 4.69) is 34.1 Å². The van der Waals surface area contributed by atoms with Gasteiger partial charge in [-0.05, 0) is 72.7 Å². The van der Waals surface area contributed by atoms with E-state index in [0.717, 1.165) is 11.6 Å². The molecule has 302 valence electrons. The van der Waals surface area contributed by atoms with Crippen LogP contribution in [-0.4, -0.2) is 83.1 Å². The minimum atomic E-state index is -4.98. The molecule has 21 nitrogen and oxygen atoms in total. The van der Waals surface area contributed by atoms with Crippen LogP contribution in [0.4, 0.5) is 34.1 Å². The number of nitrogens with zero attached hydrogens (tertiary/aromatic N) is 4. The molecule has 56 heavy (non-hydrogen) atoms. The number of aryl methyl sites for hydroxylation is 1. The van der Waals surface area contributed by atoms with Crippen LogP contribution in [0.3, 0.4) is 0 Å². The van der Waals surface area contributed by atoms with E-state index in [4.69, 9.17) is 14.8 Å². The van der Waals surface area contributed by atoms with Crippen LogP contribution in [0.1, 0.15) is 24.8 Å². The molecule has 0 fully saturated rings. The van der Waals surface area contributed by atoms with Gasteiger partial charge < -0.3 is 16.2 Å². The molecule has 4 rings (SSSR count). The second-order valence-electron chi connectivity index (χ2n) is 11.7. The summed E-state index contributed by atoms with van der Waals surface area (Å²) in [7, 11) is -18.1. The average Bonchev–Trinajstić information content (AvgIpc) is 3.08. The molecule has 1 amide bonds. The molecule has 7 N–H and O–H groups in total. The molecule has 4 aromatic carbocycles. The number of azo groups is 2. The number of nitrogens with one attached hydrogen (secondary N) is 1. The maximum Gasteiger partial charge on any atom is 0.397 e. The summed E-state index contributed by atoms with van der Waals surface area (Å²) in [6, 6.07) is 16.2. The minimum absolute atomic E-state index is 0.0537. The van der Waals surface area contributed by atoms with Crippen LogP contribution in [0.25, 0.3) is 10.8 Å². The Morgan fingerprint density at radius 3 is 2.05 bits per heavy atom. The van der Waals surface area contributed by atoms with E-state index in [1.807, 2.05) is 0 Å². The van der Waals surface area contributed by atoms with Gasteiger partial charge in [-0.1, -0.05) is 24.3 Å². The van der Waals surface area contributed by atoms with Crippen molar-refractivity contribution in [3.63, 3.8) is 0 Å². The number of hydrogen-bond donors (Lipinski definition) is 6. The van der Waals surface area contributed by atoms with Gasteiger partial charge in [-0.3, -0.25) is 18.5 Å². The number of anilines is 2. The van der Waals surface area contributed by atoms with Crippen molar-refractivity contribution >= 4 is 91.6 Å².